The second-order valence-corrected chi connectivity index (χ2v) is 12.9. The zero-order chi connectivity index (χ0) is 29.0. The van der Waals surface area contributed by atoms with Gasteiger partial charge in [-0.2, -0.15) is 10.2 Å². The van der Waals surface area contributed by atoms with E-state index in [1.54, 1.807) is 12.3 Å². The van der Waals surface area contributed by atoms with Crippen molar-refractivity contribution in [1.29, 1.82) is 5.26 Å². The molecular formula is C31H34N8O2S. The van der Waals surface area contributed by atoms with E-state index >= 15 is 0 Å². The first-order valence-electron chi connectivity index (χ1n) is 14.7. The molecule has 11 heteroatoms. The first kappa shape index (κ1) is 26.9. The second-order valence-electron chi connectivity index (χ2n) is 11.8. The molecule has 5 heterocycles. The van der Waals surface area contributed by atoms with Gasteiger partial charge in [-0.25, -0.2) is 9.97 Å². The molecule has 3 aliphatic rings. The van der Waals surface area contributed by atoms with Crippen molar-refractivity contribution in [2.45, 2.75) is 75.9 Å². The maximum absolute atomic E-state index is 10.0. The molecule has 216 valence electrons. The molecule has 0 amide bonds. The Hall–Kier alpha value is -4.01. The molecule has 1 aliphatic heterocycles. The molecule has 1 saturated heterocycles. The van der Waals surface area contributed by atoms with Crippen LogP contribution in [0.3, 0.4) is 0 Å². The summed E-state index contributed by atoms with van der Waals surface area (Å²) >= 11 is 1.54. The van der Waals surface area contributed by atoms with Crippen molar-refractivity contribution in [3.63, 3.8) is 0 Å². The van der Waals surface area contributed by atoms with E-state index in [0.717, 1.165) is 80.4 Å². The number of hydrogen-bond donors (Lipinski definition) is 2. The van der Waals surface area contributed by atoms with Crippen LogP contribution in [0.15, 0.2) is 28.9 Å². The van der Waals surface area contributed by atoms with Gasteiger partial charge in [-0.15, -0.1) is 11.3 Å². The third-order valence-corrected chi connectivity index (χ3v) is 10.4. The number of nitrogens with two attached hydrogens (primary N) is 2. The summed E-state index contributed by atoms with van der Waals surface area (Å²) in [6.07, 6.45) is 9.36. The first-order valence-corrected chi connectivity index (χ1v) is 15.5. The van der Waals surface area contributed by atoms with Crippen molar-refractivity contribution >= 4 is 22.2 Å². The van der Waals surface area contributed by atoms with E-state index in [4.69, 9.17) is 30.7 Å². The zero-order valence-electron chi connectivity index (χ0n) is 23.9. The number of aromatic nitrogens is 4. The van der Waals surface area contributed by atoms with E-state index in [0.29, 0.717) is 45.5 Å². The van der Waals surface area contributed by atoms with Crippen LogP contribution in [0.4, 0.5) is 10.8 Å². The largest absolute Gasteiger partial charge is 0.473 e. The highest BCUT2D eigenvalue weighted by atomic mass is 32.1. The van der Waals surface area contributed by atoms with Crippen LogP contribution in [0.2, 0.25) is 0 Å². The Balaban J connectivity index is 1.34. The SMILES string of the molecule is C[C@H](Oc1cc(-c2ccc(N)nc2)nc(-c2noc3c2CCC[C@@]32CCCc3sc(N)c(C#N)c32)n1)[C@@H]1CCCN1C. The van der Waals surface area contributed by atoms with Gasteiger partial charge in [-0.3, -0.25) is 4.90 Å². The molecule has 1 spiro atoms. The third kappa shape index (κ3) is 4.32. The van der Waals surface area contributed by atoms with Crippen molar-refractivity contribution in [2.24, 2.45) is 0 Å². The minimum Gasteiger partial charge on any atom is -0.473 e. The van der Waals surface area contributed by atoms with Crippen molar-refractivity contribution in [1.82, 2.24) is 25.0 Å². The van der Waals surface area contributed by atoms with Crippen LogP contribution >= 0.6 is 11.3 Å². The smallest absolute Gasteiger partial charge is 0.217 e. The van der Waals surface area contributed by atoms with Gasteiger partial charge < -0.3 is 20.7 Å². The van der Waals surface area contributed by atoms with Gasteiger partial charge in [-0.05, 0) is 89.6 Å². The minimum absolute atomic E-state index is 0.0544. The Bertz CT molecular complexity index is 1690. The van der Waals surface area contributed by atoms with Crippen LogP contribution in [0.25, 0.3) is 22.8 Å². The Kier molecular flexibility index (Phi) is 6.63. The highest BCUT2D eigenvalue weighted by Gasteiger charge is 2.48. The lowest BCUT2D eigenvalue weighted by Crippen LogP contribution is -2.38. The summed E-state index contributed by atoms with van der Waals surface area (Å²) in [6, 6.07) is 8.22. The molecule has 4 aromatic rings. The van der Waals surface area contributed by atoms with E-state index in [1.807, 2.05) is 12.1 Å². The number of pyridine rings is 1. The number of likely N-dealkylation sites (tertiary alicyclic amines) is 1. The average Bonchev–Trinajstić information content (AvgIpc) is 3.70. The van der Waals surface area contributed by atoms with Gasteiger partial charge in [0.2, 0.25) is 5.88 Å². The monoisotopic (exact) mass is 582 g/mol. The molecule has 4 N–H and O–H groups in total. The normalized spacial score (nSPS) is 22.5. The number of nitrogen functional groups attached to an aromatic ring is 2. The number of rotatable bonds is 5. The summed E-state index contributed by atoms with van der Waals surface area (Å²) in [5, 5.41) is 15.2. The van der Waals surface area contributed by atoms with E-state index in [-0.39, 0.29) is 6.10 Å². The lowest BCUT2D eigenvalue weighted by atomic mass is 9.63. The van der Waals surface area contributed by atoms with Crippen LogP contribution in [-0.2, 0) is 18.3 Å². The van der Waals surface area contributed by atoms with Gasteiger partial charge in [0.05, 0.1) is 16.7 Å². The molecular weight excluding hydrogens is 548 g/mol. The van der Waals surface area contributed by atoms with Crippen molar-refractivity contribution in [3.8, 4) is 34.7 Å². The molecule has 0 aromatic carbocycles. The molecule has 0 radical (unpaired) electrons. The van der Waals surface area contributed by atoms with E-state index < -0.39 is 5.41 Å². The Morgan fingerprint density at radius 2 is 2.02 bits per heavy atom. The highest BCUT2D eigenvalue weighted by Crippen LogP contribution is 2.55. The van der Waals surface area contributed by atoms with Crippen LogP contribution in [0.1, 0.15) is 72.8 Å². The topological polar surface area (TPSA) is 153 Å². The quantitative estimate of drug-likeness (QED) is 0.324. The van der Waals surface area contributed by atoms with E-state index in [9.17, 15) is 5.26 Å². The highest BCUT2D eigenvalue weighted by molar-refractivity contribution is 7.16. The zero-order valence-corrected chi connectivity index (χ0v) is 24.7. The summed E-state index contributed by atoms with van der Waals surface area (Å²) in [5.41, 5.74) is 16.5. The third-order valence-electron chi connectivity index (χ3n) is 9.28. The summed E-state index contributed by atoms with van der Waals surface area (Å²) < 4.78 is 12.7. The number of fused-ring (bicyclic) bond motifs is 4. The van der Waals surface area contributed by atoms with Gasteiger partial charge in [0.25, 0.3) is 0 Å². The minimum atomic E-state index is -0.412. The number of thiophene rings is 1. The summed E-state index contributed by atoms with van der Waals surface area (Å²) in [4.78, 5) is 17.6. The molecule has 7 rings (SSSR count). The molecule has 0 saturated carbocycles. The lowest BCUT2D eigenvalue weighted by molar-refractivity contribution is 0.117. The van der Waals surface area contributed by atoms with Crippen molar-refractivity contribution < 1.29 is 9.26 Å². The predicted octanol–water partition coefficient (Wildman–Crippen LogP) is 5.11. The van der Waals surface area contributed by atoms with Gasteiger partial charge in [0.15, 0.2) is 17.3 Å². The fourth-order valence-corrected chi connectivity index (χ4v) is 8.47. The summed E-state index contributed by atoms with van der Waals surface area (Å²) in [5.74, 6) is 2.20. The van der Waals surface area contributed by atoms with Crippen LogP contribution in [-0.4, -0.2) is 50.7 Å². The molecule has 2 aliphatic carbocycles. The summed E-state index contributed by atoms with van der Waals surface area (Å²) in [7, 11) is 2.14. The van der Waals surface area contributed by atoms with E-state index in [2.05, 4.69) is 35.1 Å². The van der Waals surface area contributed by atoms with Crippen molar-refractivity contribution in [2.75, 3.05) is 25.1 Å². The number of nitriles is 1. The number of likely N-dealkylation sites (N-methyl/N-ethyl adjacent to an activating group) is 1. The number of ether oxygens (including phenoxy) is 1. The second kappa shape index (κ2) is 10.4. The molecule has 0 unspecified atom stereocenters. The number of hydrogen-bond acceptors (Lipinski definition) is 11. The van der Waals surface area contributed by atoms with Gasteiger partial charge in [0, 0.05) is 34.3 Å². The number of nitrogens with zero attached hydrogens (tertiary/aromatic N) is 6. The molecule has 1 fully saturated rings. The van der Waals surface area contributed by atoms with E-state index in [1.165, 1.54) is 16.2 Å². The molecule has 3 atom stereocenters. The van der Waals surface area contributed by atoms with Gasteiger partial charge in [0.1, 0.15) is 23.0 Å². The maximum atomic E-state index is 10.0. The fraction of sp³-hybridized carbons (Fsp3) is 0.452. The predicted molar refractivity (Wildman–Crippen MR) is 161 cm³/mol. The van der Waals surface area contributed by atoms with Gasteiger partial charge in [-0.1, -0.05) is 5.16 Å². The number of anilines is 2. The summed E-state index contributed by atoms with van der Waals surface area (Å²) in [6.45, 7) is 3.16. The molecule has 10 nitrogen and oxygen atoms in total. The van der Waals surface area contributed by atoms with Crippen molar-refractivity contribution in [3.05, 3.63) is 51.7 Å². The standard InChI is InChI=1S/C31H34N8O2S/c1-17(22-7-5-13-39(22)2)40-25-14-21(18-9-10-24(33)35-16-18)36-30(37-25)27-19-6-3-11-31(28(19)41-38-27)12-4-8-23-26(31)20(15-32)29(34)42-23/h9-10,14,16-17,22H,3-8,11-13,34H2,1-2H3,(H2,33,35)/t17-,22-,31-/m0/s1. The Morgan fingerprint density at radius 3 is 2.76 bits per heavy atom. The molecule has 0 bridgehead atoms. The molecule has 42 heavy (non-hydrogen) atoms. The van der Waals surface area contributed by atoms with Crippen LogP contribution < -0.4 is 16.2 Å². The Labute approximate surface area is 248 Å². The first-order chi connectivity index (χ1) is 20.4. The molecule has 4 aromatic heterocycles. The number of aryl methyl sites for hydroxylation is 1. The van der Waals surface area contributed by atoms with Gasteiger partial charge >= 0.3 is 0 Å². The Morgan fingerprint density at radius 1 is 1.19 bits per heavy atom. The fourth-order valence-electron chi connectivity index (χ4n) is 7.31. The van der Waals surface area contributed by atoms with Crippen LogP contribution in [0.5, 0.6) is 5.88 Å². The average molecular weight is 583 g/mol. The lowest BCUT2D eigenvalue weighted by Gasteiger charge is -2.39. The van der Waals surface area contributed by atoms with Crippen LogP contribution in [0, 0.1) is 11.3 Å². The maximum Gasteiger partial charge on any atom is 0.217 e.